The molecular weight excluding hydrogens is 226 g/mol. The molecule has 1 heterocycles. The second-order valence-corrected chi connectivity index (χ2v) is 4.79. The topological polar surface area (TPSA) is 50.1 Å². The van der Waals surface area contributed by atoms with Gasteiger partial charge in [-0.05, 0) is 12.8 Å². The van der Waals surface area contributed by atoms with Crippen molar-refractivity contribution in [2.75, 3.05) is 6.54 Å². The predicted octanol–water partition coefficient (Wildman–Crippen LogP) is 1.49. The fraction of sp³-hybridized carbons (Fsp3) is 0.727. The third-order valence-electron chi connectivity index (χ3n) is 2.68. The van der Waals surface area contributed by atoms with Crippen molar-refractivity contribution in [3.05, 3.63) is 16.4 Å². The van der Waals surface area contributed by atoms with Gasteiger partial charge < -0.3 is 10.4 Å². The van der Waals surface area contributed by atoms with E-state index in [1.807, 2.05) is 27.8 Å². The van der Waals surface area contributed by atoms with Gasteiger partial charge in [-0.1, -0.05) is 25.4 Å². The molecule has 0 fully saturated rings. The Bertz CT molecular complexity index is 349. The highest BCUT2D eigenvalue weighted by Gasteiger charge is 2.12. The Labute approximate surface area is 102 Å². The maximum absolute atomic E-state index is 9.63. The fourth-order valence-corrected chi connectivity index (χ4v) is 1.67. The Morgan fingerprint density at radius 2 is 2.12 bits per heavy atom. The fourth-order valence-electron chi connectivity index (χ4n) is 1.45. The smallest absolute Gasteiger partial charge is 0.0860 e. The van der Waals surface area contributed by atoms with Gasteiger partial charge in [0.2, 0.25) is 0 Å². The van der Waals surface area contributed by atoms with Crippen LogP contribution in [0.1, 0.15) is 25.2 Å². The van der Waals surface area contributed by atoms with Gasteiger partial charge >= 0.3 is 0 Å². The molecule has 1 aromatic rings. The number of halogens is 1. The molecule has 1 atom stereocenters. The summed E-state index contributed by atoms with van der Waals surface area (Å²) in [4.78, 5) is 0. The van der Waals surface area contributed by atoms with Crippen LogP contribution in [-0.2, 0) is 13.6 Å². The normalized spacial score (nSPS) is 13.4. The number of aliphatic hydroxyl groups excluding tert-OH is 1. The Balaban J connectivity index is 2.49. The standard InChI is InChI=1S/C11H20ClN3O/c1-7(2)10(16)6-13-5-9-11(12)8(3)14-15(9)4/h7,10,13,16H,5-6H2,1-4H3. The molecule has 5 heteroatoms. The van der Waals surface area contributed by atoms with Crippen molar-refractivity contribution in [3.8, 4) is 0 Å². The molecule has 0 aliphatic heterocycles. The quantitative estimate of drug-likeness (QED) is 0.827. The highest BCUT2D eigenvalue weighted by molar-refractivity contribution is 6.31. The van der Waals surface area contributed by atoms with Crippen molar-refractivity contribution in [1.29, 1.82) is 0 Å². The number of nitrogens with zero attached hydrogens (tertiary/aromatic N) is 2. The predicted molar refractivity (Wildman–Crippen MR) is 65.5 cm³/mol. The first-order valence-corrected chi connectivity index (χ1v) is 5.88. The number of hydrogen-bond acceptors (Lipinski definition) is 3. The van der Waals surface area contributed by atoms with Gasteiger partial charge in [0.1, 0.15) is 0 Å². The summed E-state index contributed by atoms with van der Waals surface area (Å²) in [6.07, 6.45) is -0.326. The highest BCUT2D eigenvalue weighted by Crippen LogP contribution is 2.18. The second kappa shape index (κ2) is 5.66. The average Bonchev–Trinajstić information content (AvgIpc) is 2.44. The van der Waals surface area contributed by atoms with Crippen LogP contribution >= 0.6 is 11.6 Å². The van der Waals surface area contributed by atoms with E-state index in [1.54, 1.807) is 4.68 Å². The van der Waals surface area contributed by atoms with Gasteiger partial charge in [0.15, 0.2) is 0 Å². The molecule has 1 unspecified atom stereocenters. The van der Waals surface area contributed by atoms with Crippen LogP contribution in [0.25, 0.3) is 0 Å². The molecule has 1 rings (SSSR count). The van der Waals surface area contributed by atoms with Crippen LogP contribution in [0.15, 0.2) is 0 Å². The summed E-state index contributed by atoms with van der Waals surface area (Å²) in [6, 6.07) is 0. The number of aliphatic hydroxyl groups is 1. The lowest BCUT2D eigenvalue weighted by molar-refractivity contribution is 0.123. The minimum absolute atomic E-state index is 0.260. The number of aryl methyl sites for hydroxylation is 2. The largest absolute Gasteiger partial charge is 0.392 e. The van der Waals surface area contributed by atoms with Crippen LogP contribution in [-0.4, -0.2) is 27.5 Å². The minimum atomic E-state index is -0.326. The molecule has 92 valence electrons. The van der Waals surface area contributed by atoms with Gasteiger partial charge in [-0.2, -0.15) is 5.10 Å². The summed E-state index contributed by atoms with van der Waals surface area (Å²) >= 11 is 6.11. The van der Waals surface area contributed by atoms with E-state index in [-0.39, 0.29) is 12.0 Å². The van der Waals surface area contributed by atoms with Gasteiger partial charge in [0, 0.05) is 20.1 Å². The highest BCUT2D eigenvalue weighted by atomic mass is 35.5. The van der Waals surface area contributed by atoms with Crippen LogP contribution in [0, 0.1) is 12.8 Å². The Morgan fingerprint density at radius 3 is 2.56 bits per heavy atom. The van der Waals surface area contributed by atoms with E-state index in [1.165, 1.54) is 0 Å². The number of rotatable bonds is 5. The van der Waals surface area contributed by atoms with E-state index in [2.05, 4.69) is 10.4 Å². The van der Waals surface area contributed by atoms with E-state index in [0.717, 1.165) is 11.4 Å². The zero-order valence-corrected chi connectivity index (χ0v) is 11.0. The van der Waals surface area contributed by atoms with Crippen molar-refractivity contribution >= 4 is 11.6 Å². The third-order valence-corrected chi connectivity index (χ3v) is 3.17. The lowest BCUT2D eigenvalue weighted by atomic mass is 10.1. The first-order valence-electron chi connectivity index (χ1n) is 5.50. The van der Waals surface area contributed by atoms with Crippen LogP contribution in [0.4, 0.5) is 0 Å². The van der Waals surface area contributed by atoms with E-state index in [4.69, 9.17) is 11.6 Å². The summed E-state index contributed by atoms with van der Waals surface area (Å²) in [7, 11) is 1.87. The third kappa shape index (κ3) is 3.20. The van der Waals surface area contributed by atoms with Crippen LogP contribution in [0.5, 0.6) is 0 Å². The molecule has 0 saturated heterocycles. The number of hydrogen-bond donors (Lipinski definition) is 2. The summed E-state index contributed by atoms with van der Waals surface area (Å²) in [5.74, 6) is 0.260. The van der Waals surface area contributed by atoms with Gasteiger partial charge in [-0.15, -0.1) is 0 Å². The van der Waals surface area contributed by atoms with Crippen LogP contribution in [0.2, 0.25) is 5.02 Å². The Hall–Kier alpha value is -0.580. The van der Waals surface area contributed by atoms with E-state index in [0.29, 0.717) is 18.1 Å². The van der Waals surface area contributed by atoms with Gasteiger partial charge in [0.05, 0.1) is 22.5 Å². The van der Waals surface area contributed by atoms with Crippen molar-refractivity contribution in [1.82, 2.24) is 15.1 Å². The molecule has 2 N–H and O–H groups in total. The summed E-state index contributed by atoms with van der Waals surface area (Å²) in [5.41, 5.74) is 1.79. The lowest BCUT2D eigenvalue weighted by Crippen LogP contribution is -2.30. The summed E-state index contributed by atoms with van der Waals surface area (Å²) < 4.78 is 1.77. The number of nitrogens with one attached hydrogen (secondary N) is 1. The Morgan fingerprint density at radius 1 is 1.50 bits per heavy atom. The summed E-state index contributed by atoms with van der Waals surface area (Å²) in [6.45, 7) is 7.06. The monoisotopic (exact) mass is 245 g/mol. The first kappa shape index (κ1) is 13.5. The second-order valence-electron chi connectivity index (χ2n) is 4.41. The van der Waals surface area contributed by atoms with E-state index in [9.17, 15) is 5.11 Å². The van der Waals surface area contributed by atoms with Gasteiger partial charge in [-0.25, -0.2) is 0 Å². The SMILES string of the molecule is Cc1nn(C)c(CNCC(O)C(C)C)c1Cl. The zero-order chi connectivity index (χ0) is 12.3. The maximum atomic E-state index is 9.63. The zero-order valence-electron chi connectivity index (χ0n) is 10.3. The van der Waals surface area contributed by atoms with Crippen molar-refractivity contribution in [2.45, 2.75) is 33.4 Å². The molecule has 0 amide bonds. The number of aromatic nitrogens is 2. The van der Waals surface area contributed by atoms with Crippen molar-refractivity contribution < 1.29 is 5.11 Å². The summed E-state index contributed by atoms with van der Waals surface area (Å²) in [5, 5.41) is 17.7. The maximum Gasteiger partial charge on any atom is 0.0860 e. The molecule has 0 aromatic carbocycles. The molecule has 0 bridgehead atoms. The average molecular weight is 246 g/mol. The van der Waals surface area contributed by atoms with Crippen LogP contribution < -0.4 is 5.32 Å². The van der Waals surface area contributed by atoms with Crippen LogP contribution in [0.3, 0.4) is 0 Å². The van der Waals surface area contributed by atoms with E-state index < -0.39 is 0 Å². The van der Waals surface area contributed by atoms with Crippen molar-refractivity contribution in [3.63, 3.8) is 0 Å². The molecule has 0 radical (unpaired) electrons. The Kier molecular flexibility index (Phi) is 4.77. The molecule has 1 aromatic heterocycles. The van der Waals surface area contributed by atoms with Gasteiger partial charge in [-0.3, -0.25) is 4.68 Å². The first-order chi connectivity index (χ1) is 7.43. The molecule has 0 aliphatic carbocycles. The van der Waals surface area contributed by atoms with Crippen molar-refractivity contribution in [2.24, 2.45) is 13.0 Å². The molecule has 0 spiro atoms. The lowest BCUT2D eigenvalue weighted by Gasteiger charge is -2.15. The molecular formula is C11H20ClN3O. The molecule has 16 heavy (non-hydrogen) atoms. The molecule has 0 saturated carbocycles. The minimum Gasteiger partial charge on any atom is -0.392 e. The molecule has 4 nitrogen and oxygen atoms in total. The van der Waals surface area contributed by atoms with Gasteiger partial charge in [0.25, 0.3) is 0 Å². The van der Waals surface area contributed by atoms with E-state index >= 15 is 0 Å². The molecule has 0 aliphatic rings.